The average Bonchev–Trinajstić information content (AvgIpc) is 2.41. The third-order valence-corrected chi connectivity index (χ3v) is 3.50. The van der Waals surface area contributed by atoms with E-state index in [0.29, 0.717) is 22.8 Å². The Morgan fingerprint density at radius 3 is 2.65 bits per heavy atom. The highest BCUT2D eigenvalue weighted by molar-refractivity contribution is 6.30. The van der Waals surface area contributed by atoms with E-state index in [4.69, 9.17) is 16.3 Å². The molecule has 0 radical (unpaired) electrons. The number of benzene rings is 2. The van der Waals surface area contributed by atoms with E-state index in [1.807, 2.05) is 6.92 Å². The van der Waals surface area contributed by atoms with Crippen LogP contribution < -0.4 is 4.74 Å². The quantitative estimate of drug-likeness (QED) is 0.921. The van der Waals surface area contributed by atoms with Gasteiger partial charge in [-0.25, -0.2) is 4.39 Å². The van der Waals surface area contributed by atoms with E-state index in [2.05, 4.69) is 0 Å². The molecule has 0 bridgehead atoms. The van der Waals surface area contributed by atoms with Crippen molar-refractivity contribution in [2.24, 2.45) is 0 Å². The first-order valence-corrected chi connectivity index (χ1v) is 6.65. The first-order chi connectivity index (χ1) is 9.51. The molecular weight excluding hydrogens is 279 g/mol. The van der Waals surface area contributed by atoms with E-state index in [1.54, 1.807) is 31.4 Å². The van der Waals surface area contributed by atoms with Gasteiger partial charge in [0, 0.05) is 17.0 Å². The molecule has 2 aromatic carbocycles. The van der Waals surface area contributed by atoms with Crippen LogP contribution in [0, 0.1) is 12.7 Å². The fraction of sp³-hybridized carbons (Fsp3) is 0.250. The van der Waals surface area contributed by atoms with Crippen molar-refractivity contribution in [1.82, 2.24) is 0 Å². The van der Waals surface area contributed by atoms with Crippen LogP contribution in [0.15, 0.2) is 36.4 Å². The molecule has 20 heavy (non-hydrogen) atoms. The molecule has 0 aliphatic rings. The van der Waals surface area contributed by atoms with Crippen molar-refractivity contribution in [3.05, 3.63) is 63.9 Å². The van der Waals surface area contributed by atoms with Crippen LogP contribution >= 0.6 is 11.6 Å². The van der Waals surface area contributed by atoms with Crippen molar-refractivity contribution in [1.29, 1.82) is 0 Å². The van der Waals surface area contributed by atoms with Gasteiger partial charge in [0.1, 0.15) is 11.6 Å². The molecule has 0 saturated carbocycles. The summed E-state index contributed by atoms with van der Waals surface area (Å²) in [4.78, 5) is 0. The van der Waals surface area contributed by atoms with Crippen LogP contribution in [0.2, 0.25) is 5.02 Å². The van der Waals surface area contributed by atoms with Crippen LogP contribution in [0.4, 0.5) is 4.39 Å². The highest BCUT2D eigenvalue weighted by Gasteiger charge is 2.15. The van der Waals surface area contributed by atoms with Crippen molar-refractivity contribution >= 4 is 11.6 Å². The van der Waals surface area contributed by atoms with Crippen LogP contribution in [0.5, 0.6) is 5.75 Å². The summed E-state index contributed by atoms with van der Waals surface area (Å²) in [5, 5.41) is 10.9. The predicted molar refractivity (Wildman–Crippen MR) is 77.8 cm³/mol. The summed E-state index contributed by atoms with van der Waals surface area (Å²) in [5.41, 5.74) is 2.33. The number of hydrogen-bond acceptors (Lipinski definition) is 2. The molecule has 106 valence electrons. The minimum absolute atomic E-state index is 0.277. The topological polar surface area (TPSA) is 29.5 Å². The summed E-state index contributed by atoms with van der Waals surface area (Å²) < 4.78 is 18.3. The fourth-order valence-electron chi connectivity index (χ4n) is 2.17. The standard InChI is InChI=1S/C16H16ClFO2/c1-10-7-13(18)5-3-11(10)8-15(19)14-9-12(17)4-6-16(14)20-2/h3-7,9,15,19H,8H2,1-2H3. The Labute approximate surface area is 122 Å². The van der Waals surface area contributed by atoms with Crippen molar-refractivity contribution in [2.45, 2.75) is 19.4 Å². The molecule has 0 fully saturated rings. The number of ether oxygens (including phenoxy) is 1. The first-order valence-electron chi connectivity index (χ1n) is 6.28. The Morgan fingerprint density at radius 1 is 1.25 bits per heavy atom. The summed E-state index contributed by atoms with van der Waals surface area (Å²) in [7, 11) is 1.54. The number of rotatable bonds is 4. The normalized spacial score (nSPS) is 12.2. The Bertz CT molecular complexity index is 613. The lowest BCUT2D eigenvalue weighted by atomic mass is 9.97. The molecule has 2 aromatic rings. The molecule has 1 N–H and O–H groups in total. The highest BCUT2D eigenvalue weighted by Crippen LogP contribution is 2.30. The minimum Gasteiger partial charge on any atom is -0.496 e. The average molecular weight is 295 g/mol. The lowest BCUT2D eigenvalue weighted by Crippen LogP contribution is -2.05. The summed E-state index contributed by atoms with van der Waals surface area (Å²) >= 11 is 5.96. The summed E-state index contributed by atoms with van der Waals surface area (Å²) in [6.45, 7) is 1.82. The van der Waals surface area contributed by atoms with E-state index in [-0.39, 0.29) is 5.82 Å². The Kier molecular flexibility index (Phi) is 4.63. The Morgan fingerprint density at radius 2 is 2.00 bits per heavy atom. The second-order valence-corrected chi connectivity index (χ2v) is 5.11. The largest absolute Gasteiger partial charge is 0.496 e. The number of halogens is 2. The van der Waals surface area contributed by atoms with E-state index in [9.17, 15) is 9.50 Å². The number of aryl methyl sites for hydroxylation is 1. The zero-order valence-electron chi connectivity index (χ0n) is 11.4. The van der Waals surface area contributed by atoms with E-state index in [0.717, 1.165) is 11.1 Å². The monoisotopic (exact) mass is 294 g/mol. The third-order valence-electron chi connectivity index (χ3n) is 3.27. The molecule has 0 aliphatic heterocycles. The molecule has 0 aliphatic carbocycles. The van der Waals surface area contributed by atoms with Gasteiger partial charge in [-0.2, -0.15) is 0 Å². The number of methoxy groups -OCH3 is 1. The van der Waals surface area contributed by atoms with Crippen LogP contribution in [0.25, 0.3) is 0 Å². The lowest BCUT2D eigenvalue weighted by Gasteiger charge is -2.16. The molecule has 1 atom stereocenters. The van der Waals surface area contributed by atoms with Gasteiger partial charge in [-0.05, 0) is 48.4 Å². The van der Waals surface area contributed by atoms with Crippen LogP contribution in [0.3, 0.4) is 0 Å². The Hall–Kier alpha value is -1.58. The SMILES string of the molecule is COc1ccc(Cl)cc1C(O)Cc1ccc(F)cc1C. The molecule has 0 heterocycles. The molecule has 2 nitrogen and oxygen atoms in total. The van der Waals surface area contributed by atoms with Gasteiger partial charge in [0.25, 0.3) is 0 Å². The number of aliphatic hydroxyl groups excluding tert-OH is 1. The summed E-state index contributed by atoms with van der Waals surface area (Å²) in [6.07, 6.45) is -0.379. The van der Waals surface area contributed by atoms with Gasteiger partial charge in [0.15, 0.2) is 0 Å². The van der Waals surface area contributed by atoms with Crippen LogP contribution in [0.1, 0.15) is 22.8 Å². The molecule has 1 unspecified atom stereocenters. The van der Waals surface area contributed by atoms with Crippen LogP contribution in [-0.4, -0.2) is 12.2 Å². The maximum atomic E-state index is 13.1. The van der Waals surface area contributed by atoms with Gasteiger partial charge in [-0.3, -0.25) is 0 Å². The molecule has 0 spiro atoms. The number of aliphatic hydroxyl groups is 1. The van der Waals surface area contributed by atoms with E-state index in [1.165, 1.54) is 12.1 Å². The molecule has 2 rings (SSSR count). The van der Waals surface area contributed by atoms with Gasteiger partial charge < -0.3 is 9.84 Å². The van der Waals surface area contributed by atoms with Crippen molar-refractivity contribution in [2.75, 3.05) is 7.11 Å². The summed E-state index contributed by atoms with van der Waals surface area (Å²) in [5.74, 6) is 0.308. The predicted octanol–water partition coefficient (Wildman–Crippen LogP) is 4.07. The molecule has 4 heteroatoms. The molecular formula is C16H16ClFO2. The first kappa shape index (κ1) is 14.8. The second-order valence-electron chi connectivity index (χ2n) is 4.68. The molecule has 0 saturated heterocycles. The third kappa shape index (κ3) is 3.30. The maximum Gasteiger partial charge on any atom is 0.124 e. The van der Waals surface area contributed by atoms with E-state index < -0.39 is 6.10 Å². The van der Waals surface area contributed by atoms with Gasteiger partial charge in [-0.15, -0.1) is 0 Å². The van der Waals surface area contributed by atoms with Crippen molar-refractivity contribution < 1.29 is 14.2 Å². The highest BCUT2D eigenvalue weighted by atomic mass is 35.5. The number of hydrogen-bond donors (Lipinski definition) is 1. The lowest BCUT2D eigenvalue weighted by molar-refractivity contribution is 0.174. The van der Waals surface area contributed by atoms with Gasteiger partial charge in [0.2, 0.25) is 0 Å². The van der Waals surface area contributed by atoms with Gasteiger partial charge >= 0.3 is 0 Å². The van der Waals surface area contributed by atoms with E-state index >= 15 is 0 Å². The van der Waals surface area contributed by atoms with Crippen molar-refractivity contribution in [3.8, 4) is 5.75 Å². The zero-order chi connectivity index (χ0) is 14.7. The van der Waals surface area contributed by atoms with Gasteiger partial charge in [-0.1, -0.05) is 17.7 Å². The smallest absolute Gasteiger partial charge is 0.124 e. The Balaban J connectivity index is 2.27. The second kappa shape index (κ2) is 6.25. The fourth-order valence-corrected chi connectivity index (χ4v) is 2.35. The zero-order valence-corrected chi connectivity index (χ0v) is 12.1. The van der Waals surface area contributed by atoms with Crippen molar-refractivity contribution in [3.63, 3.8) is 0 Å². The van der Waals surface area contributed by atoms with Crippen LogP contribution in [-0.2, 0) is 6.42 Å². The summed E-state index contributed by atoms with van der Waals surface area (Å²) in [6, 6.07) is 9.65. The molecule has 0 amide bonds. The molecule has 0 aromatic heterocycles. The maximum absolute atomic E-state index is 13.1. The van der Waals surface area contributed by atoms with Gasteiger partial charge in [0.05, 0.1) is 13.2 Å². The minimum atomic E-state index is -0.757.